The highest BCUT2D eigenvalue weighted by molar-refractivity contribution is 7.86. The average molecular weight is 1800 g/mol. The van der Waals surface area contributed by atoms with Gasteiger partial charge in [-0.3, -0.25) is 0 Å². The van der Waals surface area contributed by atoms with Crippen LogP contribution in [0.5, 0.6) is 0 Å². The molecule has 3 aliphatic rings. The van der Waals surface area contributed by atoms with E-state index in [0.717, 1.165) is 80.4 Å². The molecule has 0 saturated carbocycles. The normalized spacial score (nSPS) is 13.7. The minimum absolute atomic E-state index is 0.0575. The molecule has 2 aliphatic carbocycles. The van der Waals surface area contributed by atoms with Crippen molar-refractivity contribution in [1.29, 1.82) is 0 Å². The van der Waals surface area contributed by atoms with Crippen molar-refractivity contribution in [1.82, 2.24) is 0 Å². The van der Waals surface area contributed by atoms with Crippen LogP contribution in [0.25, 0.3) is 130 Å². The van der Waals surface area contributed by atoms with Crippen molar-refractivity contribution >= 4 is 195 Å². The molecule has 0 spiro atoms. The Kier molecular flexibility index (Phi) is 20.0. The zero-order valence-electron chi connectivity index (χ0n) is 76.0. The first-order valence-electron chi connectivity index (χ1n) is 46.8. The maximum Gasteiger partial charge on any atom is 0.180 e. The Morgan fingerprint density at radius 2 is 0.481 bits per heavy atom. The molecule has 644 valence electrons. The first-order valence-corrected chi connectivity index (χ1v) is 53.9. The Morgan fingerprint density at radius 1 is 0.185 bits per heavy atom. The molecule has 26 rings (SSSR count). The number of hydrogen-bond donors (Lipinski definition) is 0. The zero-order chi connectivity index (χ0) is 91.3. The molecule has 0 bridgehead atoms. The monoisotopic (exact) mass is 1800 g/mol. The first-order chi connectivity index (χ1) is 65.9. The number of benzene rings is 23. The lowest BCUT2D eigenvalue weighted by molar-refractivity contribution is 0.591. The molecule has 0 aromatic heterocycles. The van der Waals surface area contributed by atoms with E-state index in [-0.39, 0.29) is 10.8 Å². The molecular weight excluding hydrogens is 1710 g/mol. The van der Waals surface area contributed by atoms with E-state index in [2.05, 4.69) is 375 Å². The highest BCUT2D eigenvalue weighted by atomic mass is 31.2. The number of rotatable bonds is 11. The van der Waals surface area contributed by atoms with Gasteiger partial charge in [-0.05, 0) is 236 Å². The lowest BCUT2D eigenvalue weighted by Gasteiger charge is -2.32. The van der Waals surface area contributed by atoms with Crippen molar-refractivity contribution in [3.8, 4) is 33.4 Å². The van der Waals surface area contributed by atoms with Crippen molar-refractivity contribution < 1.29 is 13.7 Å². The van der Waals surface area contributed by atoms with Crippen LogP contribution >= 0.6 is 21.4 Å². The molecule has 0 radical (unpaired) electrons. The maximum absolute atomic E-state index is 16.2. The van der Waals surface area contributed by atoms with Gasteiger partial charge in [-0.1, -0.05) is 451 Å². The van der Waals surface area contributed by atoms with Crippen LogP contribution in [-0.2, 0) is 24.5 Å². The van der Waals surface area contributed by atoms with E-state index in [9.17, 15) is 0 Å². The lowest BCUT2D eigenvalue weighted by Crippen LogP contribution is -2.73. The van der Waals surface area contributed by atoms with Gasteiger partial charge in [0.2, 0.25) is 0 Å². The van der Waals surface area contributed by atoms with Crippen molar-refractivity contribution in [2.45, 2.75) is 52.4 Å². The first kappa shape index (κ1) is 83.4. The van der Waals surface area contributed by atoms with Crippen LogP contribution in [0.2, 0.25) is 0 Å². The molecule has 23 aromatic carbocycles. The van der Waals surface area contributed by atoms with Crippen LogP contribution in [0.1, 0.15) is 61.1 Å². The molecule has 1 aliphatic heterocycles. The van der Waals surface area contributed by atoms with Gasteiger partial charge in [0, 0.05) is 64.0 Å². The zero-order valence-corrected chi connectivity index (χ0v) is 79.7. The Bertz CT molecular complexity index is 8770. The molecule has 135 heavy (non-hydrogen) atoms. The van der Waals surface area contributed by atoms with Gasteiger partial charge in [0.1, 0.15) is 0 Å². The van der Waals surface area contributed by atoms with Crippen molar-refractivity contribution in [3.63, 3.8) is 0 Å². The van der Waals surface area contributed by atoms with E-state index in [1.54, 1.807) is 0 Å². The maximum atomic E-state index is 16.2. The minimum atomic E-state index is -3.28. The number of fused-ring (bicyclic) bond motifs is 27. The highest BCUT2D eigenvalue weighted by Gasteiger charge is 2.51. The Labute approximate surface area is 788 Å². The number of hydrogen-bond acceptors (Lipinski definition) is 3. The predicted molar refractivity (Wildman–Crippen MR) is 582 cm³/mol. The third-order valence-corrected chi connectivity index (χ3v) is 43.8. The summed E-state index contributed by atoms with van der Waals surface area (Å²) in [6, 6.07) is 166. The standard InChI is InChI=1S/C50H37OPSi.2C39H29OP/c1-34-15-13-17-36(29-34)52(51,37-18-14-16-35(2)30-37)38-27-28-45-48-32-46-43-25-11-9-23-41(43)42-24-10-12-26-44(42)47(46)33-50(48)53(49(45)31-38,39-19-5-3-6-20-39)40-21-7-4-8-22-40;1-39(2)35-22-12-11-20-30(35)33-24-34-32(25-36(33)39)29-19-10-9-18-28(29)31-21-13-23-37(38(31)34)41(40,26-14-5-3-6-15-26)27-16-7-4-8-17-27;1-39(2)37-20-12-11-19-32(37)36-24-34-31-22-21-28(23-33(31)29-17-9-10-18-30(29)35(34)25-38(36)39)41(40,26-13-5-3-6-14-26)27-15-7-4-8-16-27/h3-33H,1-2H3;2*3-25H,1-2H3. The van der Waals surface area contributed by atoms with E-state index in [1.807, 2.05) is 133 Å². The molecule has 0 amide bonds. The van der Waals surface area contributed by atoms with Gasteiger partial charge >= 0.3 is 0 Å². The quantitative estimate of drug-likeness (QED) is 0.0737. The lowest BCUT2D eigenvalue weighted by atomic mass is 9.81. The molecule has 0 atom stereocenters. The van der Waals surface area contributed by atoms with Gasteiger partial charge in [0.15, 0.2) is 29.5 Å². The van der Waals surface area contributed by atoms with E-state index in [1.165, 1.54) is 152 Å². The Hall–Kier alpha value is -14.7. The van der Waals surface area contributed by atoms with Crippen molar-refractivity contribution in [2.75, 3.05) is 0 Å². The van der Waals surface area contributed by atoms with Crippen LogP contribution < -0.4 is 68.5 Å². The summed E-state index contributed by atoms with van der Waals surface area (Å²) in [6.45, 7) is 13.5. The van der Waals surface area contributed by atoms with E-state index >= 15 is 13.7 Å². The van der Waals surface area contributed by atoms with Gasteiger partial charge in [-0.25, -0.2) is 0 Å². The third kappa shape index (κ3) is 12.9. The summed E-state index contributed by atoms with van der Waals surface area (Å²) >= 11 is 0. The van der Waals surface area contributed by atoms with E-state index in [4.69, 9.17) is 0 Å². The van der Waals surface area contributed by atoms with E-state index in [0.29, 0.717) is 0 Å². The SMILES string of the molecule is CC1(C)c2ccccc2-c2cc3c(cc21)c1ccccc1c1cccc(P(=O)(c2ccccc2)c2ccccc2)c13.CC1(C)c2ccccc2-c2cc3c4ccc(P(=O)(c5ccccc5)c5ccccc5)cc4c4ccccc4c3cc21.Cc1cccc(P(=O)(c2cccc(C)c2)c2ccc3c(c2)[Si](c2ccccc2)(c2ccccc2)c2cc4c5ccccc5c5ccccc5c4cc2-3)c1. The second-order valence-corrected chi connectivity index (χ2v) is 49.8. The predicted octanol–water partition coefficient (Wildman–Crippen LogP) is 26.9. The fourth-order valence-corrected chi connectivity index (χ4v) is 37.1. The molecule has 1 heterocycles. The summed E-state index contributed by atoms with van der Waals surface area (Å²) in [5.74, 6) is 0. The highest BCUT2D eigenvalue weighted by Crippen LogP contribution is 2.56. The fraction of sp³-hybridized carbons (Fsp3) is 0.0625. The molecule has 0 unspecified atom stereocenters. The minimum Gasteiger partial charge on any atom is -0.309 e. The molecule has 0 N–H and O–H groups in total. The van der Waals surface area contributed by atoms with Gasteiger partial charge in [-0.15, -0.1) is 0 Å². The second-order valence-electron chi connectivity index (χ2n) is 37.8. The van der Waals surface area contributed by atoms with Gasteiger partial charge in [0.05, 0.1) is 0 Å². The fourth-order valence-electron chi connectivity index (χ4n) is 23.4. The summed E-state index contributed by atoms with van der Waals surface area (Å²) in [5, 5.41) is 35.1. The summed E-state index contributed by atoms with van der Waals surface area (Å²) in [6.07, 6.45) is 0. The summed E-state index contributed by atoms with van der Waals surface area (Å²) < 4.78 is 47.1. The third-order valence-electron chi connectivity index (χ3n) is 29.7. The van der Waals surface area contributed by atoms with Gasteiger partial charge in [-0.2, -0.15) is 0 Å². The molecule has 3 nitrogen and oxygen atoms in total. The second kappa shape index (κ2) is 32.3. The van der Waals surface area contributed by atoms with Crippen LogP contribution in [0, 0.1) is 13.8 Å². The summed E-state index contributed by atoms with van der Waals surface area (Å²) in [5.41, 5.74) is 15.3. The average Bonchev–Trinajstić information content (AvgIpc) is 1.53. The van der Waals surface area contributed by atoms with Gasteiger partial charge < -0.3 is 13.7 Å². The van der Waals surface area contributed by atoms with Crippen molar-refractivity contribution in [3.05, 3.63) is 500 Å². The van der Waals surface area contributed by atoms with Crippen LogP contribution in [0.15, 0.2) is 467 Å². The number of aryl methyl sites for hydroxylation is 2. The smallest absolute Gasteiger partial charge is 0.180 e. The topological polar surface area (TPSA) is 51.2 Å². The van der Waals surface area contributed by atoms with Crippen LogP contribution in [0.4, 0.5) is 0 Å². The Morgan fingerprint density at radius 3 is 0.933 bits per heavy atom. The largest absolute Gasteiger partial charge is 0.309 e. The van der Waals surface area contributed by atoms with Crippen LogP contribution in [-0.4, -0.2) is 8.07 Å². The molecule has 0 fully saturated rings. The summed E-state index contributed by atoms with van der Waals surface area (Å²) in [4.78, 5) is 0. The van der Waals surface area contributed by atoms with E-state index < -0.39 is 29.5 Å². The van der Waals surface area contributed by atoms with Crippen LogP contribution in [0.3, 0.4) is 0 Å². The Balaban J connectivity index is 0.000000112. The molecule has 7 heteroatoms. The molecule has 23 aromatic rings. The van der Waals surface area contributed by atoms with Gasteiger partial charge in [0.25, 0.3) is 0 Å². The molecule has 0 saturated heterocycles. The molecular formula is C128H95O3P3Si. The van der Waals surface area contributed by atoms with Crippen molar-refractivity contribution in [2.24, 2.45) is 0 Å². The summed E-state index contributed by atoms with van der Waals surface area (Å²) in [7, 11) is -12.5.